The SMILES string of the molecule is [B]C([B])(O)C12NCC3C1C32. The lowest BCUT2D eigenvalue weighted by atomic mass is 9.57. The van der Waals surface area contributed by atoms with Crippen molar-refractivity contribution in [3.05, 3.63) is 0 Å². The fourth-order valence-corrected chi connectivity index (χ4v) is 2.83. The van der Waals surface area contributed by atoms with Gasteiger partial charge in [-0.1, -0.05) is 0 Å². The normalized spacial score (nSPS) is 61.9. The Morgan fingerprint density at radius 1 is 1.50 bits per heavy atom. The average molecular weight is 131 g/mol. The maximum Gasteiger partial charge on any atom is 0.101 e. The highest BCUT2D eigenvalue weighted by molar-refractivity contribution is 6.40. The molecule has 4 heteroatoms. The van der Waals surface area contributed by atoms with E-state index in [1.54, 1.807) is 0 Å². The molecule has 0 aromatic heterocycles. The van der Waals surface area contributed by atoms with Gasteiger partial charge in [-0.2, -0.15) is 0 Å². The summed E-state index contributed by atoms with van der Waals surface area (Å²) in [6.07, 6.45) is 0. The molecule has 4 radical (unpaired) electrons. The Morgan fingerprint density at radius 2 is 2.10 bits per heavy atom. The van der Waals surface area contributed by atoms with Gasteiger partial charge in [0.1, 0.15) is 15.7 Å². The molecule has 2 aliphatic carbocycles. The number of nitrogens with one attached hydrogen (secondary N) is 1. The monoisotopic (exact) mass is 131 g/mol. The van der Waals surface area contributed by atoms with Crippen molar-refractivity contribution < 1.29 is 5.11 Å². The Balaban J connectivity index is 1.97. The van der Waals surface area contributed by atoms with Gasteiger partial charge in [0.15, 0.2) is 0 Å². The van der Waals surface area contributed by atoms with E-state index in [0.717, 1.165) is 12.5 Å². The molecule has 2 N–H and O–H groups in total. The van der Waals surface area contributed by atoms with Crippen LogP contribution in [-0.4, -0.2) is 38.3 Å². The predicted molar refractivity (Wildman–Crippen MR) is 37.7 cm³/mol. The predicted octanol–water partition coefficient (Wildman–Crippen LogP) is -1.81. The van der Waals surface area contributed by atoms with Gasteiger partial charge in [0.2, 0.25) is 0 Å². The van der Waals surface area contributed by atoms with Crippen molar-refractivity contribution in [2.24, 2.45) is 17.8 Å². The van der Waals surface area contributed by atoms with E-state index in [9.17, 15) is 5.11 Å². The van der Waals surface area contributed by atoms with Gasteiger partial charge in [-0.25, -0.2) is 0 Å². The summed E-state index contributed by atoms with van der Waals surface area (Å²) < 4.78 is 0. The van der Waals surface area contributed by atoms with Crippen molar-refractivity contribution in [2.75, 3.05) is 6.54 Å². The zero-order valence-electron chi connectivity index (χ0n) is 5.54. The highest BCUT2D eigenvalue weighted by Gasteiger charge is 2.90. The van der Waals surface area contributed by atoms with Gasteiger partial charge in [0.05, 0.1) is 0 Å². The Bertz CT molecular complexity index is 202. The van der Waals surface area contributed by atoms with Crippen LogP contribution in [0.4, 0.5) is 0 Å². The number of hydrogen-bond donors (Lipinski definition) is 2. The number of fused-ring (bicyclic) bond motifs is 1. The van der Waals surface area contributed by atoms with E-state index in [0.29, 0.717) is 11.8 Å². The standard InChI is InChI=1S/C6H7B2NO/c7-6(8,10)5-3-2(1-9-5)4(3)5/h2-4,9-10H,1H2. The lowest BCUT2D eigenvalue weighted by molar-refractivity contribution is 0.136. The number of aliphatic hydroxyl groups is 1. The maximum absolute atomic E-state index is 9.33. The van der Waals surface area contributed by atoms with Crippen LogP contribution in [0.15, 0.2) is 0 Å². The Morgan fingerprint density at radius 3 is 2.30 bits per heavy atom. The van der Waals surface area contributed by atoms with E-state index in [1.807, 2.05) is 0 Å². The van der Waals surface area contributed by atoms with Gasteiger partial charge in [-0.15, -0.1) is 0 Å². The molecule has 2 saturated carbocycles. The Labute approximate surface area is 62.2 Å². The number of hydrogen-bond acceptors (Lipinski definition) is 2. The second-order valence-electron chi connectivity index (χ2n) is 3.79. The Hall–Kier alpha value is 0.0499. The lowest BCUT2D eigenvalue weighted by Crippen LogP contribution is -2.55. The molecule has 2 bridgehead atoms. The van der Waals surface area contributed by atoms with Crippen LogP contribution in [0.3, 0.4) is 0 Å². The summed E-state index contributed by atoms with van der Waals surface area (Å²) in [6, 6.07) is 0. The molecule has 2 atom stereocenters. The first-order valence-electron chi connectivity index (χ1n) is 3.64. The van der Waals surface area contributed by atoms with Crippen molar-refractivity contribution >= 4 is 15.7 Å². The van der Waals surface area contributed by atoms with Crippen molar-refractivity contribution in [2.45, 2.75) is 10.9 Å². The van der Waals surface area contributed by atoms with Crippen LogP contribution >= 0.6 is 0 Å². The van der Waals surface area contributed by atoms with Crippen LogP contribution in [-0.2, 0) is 0 Å². The molecular formula is C6H7B2NO. The fourth-order valence-electron chi connectivity index (χ4n) is 2.83. The van der Waals surface area contributed by atoms with Crippen molar-refractivity contribution in [1.82, 2.24) is 5.32 Å². The molecule has 4 fully saturated rings. The molecule has 0 aromatic rings. The van der Waals surface area contributed by atoms with Crippen molar-refractivity contribution in [3.8, 4) is 0 Å². The van der Waals surface area contributed by atoms with Crippen LogP contribution in [0.5, 0.6) is 0 Å². The third kappa shape index (κ3) is 0.326. The fraction of sp³-hybridized carbons (Fsp3) is 1.00. The summed E-state index contributed by atoms with van der Waals surface area (Å²) in [5, 5.41) is 11.0. The minimum atomic E-state index is -1.49. The van der Waals surface area contributed by atoms with E-state index in [4.69, 9.17) is 15.7 Å². The van der Waals surface area contributed by atoms with Crippen LogP contribution in [0.2, 0.25) is 0 Å². The summed E-state index contributed by atoms with van der Waals surface area (Å²) in [4.78, 5) is 0. The van der Waals surface area contributed by atoms with Gasteiger partial charge in [-0.3, -0.25) is 0 Å². The smallest absolute Gasteiger partial charge is 0.101 e. The van der Waals surface area contributed by atoms with Gasteiger partial charge in [0, 0.05) is 10.9 Å². The highest BCUT2D eigenvalue weighted by Crippen LogP contribution is 2.81. The van der Waals surface area contributed by atoms with E-state index >= 15 is 0 Å². The maximum atomic E-state index is 9.33. The molecule has 2 saturated heterocycles. The van der Waals surface area contributed by atoms with Crippen LogP contribution < -0.4 is 5.32 Å². The topological polar surface area (TPSA) is 32.3 Å². The van der Waals surface area contributed by atoms with Crippen molar-refractivity contribution in [1.29, 1.82) is 0 Å². The second-order valence-corrected chi connectivity index (χ2v) is 3.79. The molecule has 4 aliphatic rings. The minimum absolute atomic E-state index is 0.280. The summed E-state index contributed by atoms with van der Waals surface area (Å²) in [6.45, 7) is 0.992. The number of piperidine rings is 1. The third-order valence-corrected chi connectivity index (χ3v) is 3.40. The number of rotatable bonds is 1. The zero-order chi connectivity index (χ0) is 7.15. The van der Waals surface area contributed by atoms with Crippen LogP contribution in [0.25, 0.3) is 0 Å². The van der Waals surface area contributed by atoms with Gasteiger partial charge in [-0.05, 0) is 24.3 Å². The third-order valence-electron chi connectivity index (χ3n) is 3.40. The average Bonchev–Trinajstić information content (AvgIpc) is 2.53. The largest absolute Gasteiger partial charge is 0.407 e. The molecule has 0 spiro atoms. The highest BCUT2D eigenvalue weighted by atomic mass is 16.3. The van der Waals surface area contributed by atoms with Crippen LogP contribution in [0, 0.1) is 17.8 Å². The second kappa shape index (κ2) is 1.10. The van der Waals surface area contributed by atoms with E-state index in [2.05, 4.69) is 5.32 Å². The molecule has 10 heavy (non-hydrogen) atoms. The first-order chi connectivity index (χ1) is 4.59. The quantitative estimate of drug-likeness (QED) is 0.411. The molecule has 2 unspecified atom stereocenters. The van der Waals surface area contributed by atoms with Gasteiger partial charge >= 0.3 is 0 Å². The van der Waals surface area contributed by atoms with Crippen LogP contribution in [0.1, 0.15) is 0 Å². The summed E-state index contributed by atoms with van der Waals surface area (Å²) in [5.74, 6) is 1.96. The molecule has 0 amide bonds. The molecule has 4 rings (SSSR count). The first kappa shape index (κ1) is 5.67. The molecule has 0 aromatic carbocycles. The lowest BCUT2D eigenvalue weighted by Gasteiger charge is -2.32. The minimum Gasteiger partial charge on any atom is -0.407 e. The summed E-state index contributed by atoms with van der Waals surface area (Å²) in [7, 11) is 10.8. The first-order valence-corrected chi connectivity index (χ1v) is 3.64. The Kier molecular flexibility index (Phi) is 0.626. The van der Waals surface area contributed by atoms with E-state index < -0.39 is 5.40 Å². The zero-order valence-corrected chi connectivity index (χ0v) is 5.54. The molecule has 48 valence electrons. The van der Waals surface area contributed by atoms with E-state index in [1.165, 1.54) is 0 Å². The van der Waals surface area contributed by atoms with E-state index in [-0.39, 0.29) is 5.54 Å². The van der Waals surface area contributed by atoms with Gasteiger partial charge < -0.3 is 10.4 Å². The van der Waals surface area contributed by atoms with Gasteiger partial charge in [0.25, 0.3) is 0 Å². The molecule has 2 nitrogen and oxygen atoms in total. The summed E-state index contributed by atoms with van der Waals surface area (Å²) >= 11 is 0. The molecule has 2 aliphatic heterocycles. The molecule has 2 heterocycles. The molecular weight excluding hydrogens is 124 g/mol. The van der Waals surface area contributed by atoms with Crippen molar-refractivity contribution in [3.63, 3.8) is 0 Å². The summed E-state index contributed by atoms with van der Waals surface area (Å²) in [5.41, 5.74) is -0.280.